The molecule has 0 bridgehead atoms. The summed E-state index contributed by atoms with van der Waals surface area (Å²) in [4.78, 5) is 95.9. The molecule has 6 N–H and O–H groups in total. The maximum atomic E-state index is 14.7. The minimum absolute atomic E-state index is 0.0455. The van der Waals surface area contributed by atoms with Crippen LogP contribution in [0.2, 0.25) is 0 Å². The Morgan fingerprint density at radius 3 is 1.93 bits per heavy atom. The van der Waals surface area contributed by atoms with Crippen LogP contribution in [-0.4, -0.2) is 73.8 Å². The summed E-state index contributed by atoms with van der Waals surface area (Å²) < 4.78 is 0. The smallest absolute Gasteiger partial charge is 0.330 e. The van der Waals surface area contributed by atoms with Gasteiger partial charge in [0.1, 0.15) is 17.6 Å². The Bertz CT molecular complexity index is 2160. The van der Waals surface area contributed by atoms with Crippen LogP contribution in [0.1, 0.15) is 61.9 Å². The Kier molecular flexibility index (Phi) is 13.3. The molecule has 4 atom stereocenters. The topological polar surface area (TPSA) is 215 Å². The van der Waals surface area contributed by atoms with Crippen LogP contribution in [0.25, 0.3) is 0 Å². The fourth-order valence-electron chi connectivity index (χ4n) is 6.78. The number of aryl methyl sites for hydroxylation is 1. The monoisotopic (exact) mass is 790 g/mol. The van der Waals surface area contributed by atoms with E-state index in [1.807, 2.05) is 25.1 Å². The molecule has 1 fully saturated rings. The van der Waals surface area contributed by atoms with Crippen molar-refractivity contribution in [2.45, 2.75) is 70.7 Å². The molecule has 4 aromatic carbocycles. The number of para-hydroxylation sites is 1. The molecule has 5 rings (SSSR count). The predicted octanol–water partition coefficient (Wildman–Crippen LogP) is 5.63. The average Bonchev–Trinajstić information content (AvgIpc) is 3.37. The van der Waals surface area contributed by atoms with Crippen molar-refractivity contribution in [2.75, 3.05) is 10.6 Å². The first kappa shape index (κ1) is 42.1. The molecule has 0 spiro atoms. The number of rotatable bonds is 16. The number of carboxylic acid groups (broad SMARTS) is 2. The maximum absolute atomic E-state index is 14.7. The van der Waals surface area contributed by atoms with Gasteiger partial charge in [0.25, 0.3) is 5.91 Å². The van der Waals surface area contributed by atoms with Gasteiger partial charge in [-0.1, -0.05) is 105 Å². The lowest BCUT2D eigenvalue weighted by Crippen LogP contribution is -2.56. The van der Waals surface area contributed by atoms with Gasteiger partial charge in [-0.05, 0) is 66.6 Å². The SMILES string of the molecule is Cc1ccccc1NC(=O)Nc1ccc(CN2C(=O)N(C(CC(C)C)C(=O)N[C@@H](CC(=O)O)C(=O)N[C@H](C(=O)O)c3ccccc3)C(=O)C2(C)c2ccccc2)cc1. The minimum atomic E-state index is -1.76. The third-order valence-corrected chi connectivity index (χ3v) is 9.88. The van der Waals surface area contributed by atoms with Crippen LogP contribution in [0.3, 0.4) is 0 Å². The summed E-state index contributed by atoms with van der Waals surface area (Å²) in [6.07, 6.45) is -0.961. The molecule has 0 saturated carbocycles. The molecule has 1 heterocycles. The highest BCUT2D eigenvalue weighted by molar-refractivity contribution is 6.10. The van der Waals surface area contributed by atoms with Crippen LogP contribution in [0, 0.1) is 12.8 Å². The summed E-state index contributed by atoms with van der Waals surface area (Å²) in [6, 6.07) is 24.3. The van der Waals surface area contributed by atoms with Crippen molar-refractivity contribution in [3.05, 3.63) is 131 Å². The van der Waals surface area contributed by atoms with Crippen LogP contribution < -0.4 is 21.3 Å². The Labute approximate surface area is 335 Å². The number of imide groups is 1. The number of aliphatic carboxylic acids is 2. The lowest BCUT2D eigenvalue weighted by Gasteiger charge is -2.32. The Morgan fingerprint density at radius 1 is 0.741 bits per heavy atom. The first-order valence-corrected chi connectivity index (χ1v) is 18.6. The van der Waals surface area contributed by atoms with E-state index >= 15 is 0 Å². The highest BCUT2D eigenvalue weighted by Crippen LogP contribution is 2.40. The van der Waals surface area contributed by atoms with Crippen molar-refractivity contribution in [1.29, 1.82) is 0 Å². The number of urea groups is 2. The number of nitrogens with zero attached hydrogens (tertiary/aromatic N) is 2. The second-order valence-electron chi connectivity index (χ2n) is 14.6. The van der Waals surface area contributed by atoms with E-state index in [2.05, 4.69) is 21.3 Å². The first-order valence-electron chi connectivity index (χ1n) is 18.6. The number of hydrogen-bond acceptors (Lipinski definition) is 7. The van der Waals surface area contributed by atoms with Crippen molar-refractivity contribution < 1.29 is 43.8 Å². The third kappa shape index (κ3) is 9.67. The second-order valence-corrected chi connectivity index (χ2v) is 14.6. The molecule has 0 aliphatic carbocycles. The van der Waals surface area contributed by atoms with Gasteiger partial charge in [0.05, 0.1) is 6.42 Å². The molecule has 302 valence electrons. The van der Waals surface area contributed by atoms with Crippen molar-refractivity contribution in [1.82, 2.24) is 20.4 Å². The van der Waals surface area contributed by atoms with Crippen LogP contribution in [0.15, 0.2) is 109 Å². The fraction of sp³-hybridized carbons (Fsp3) is 0.279. The van der Waals surface area contributed by atoms with Gasteiger partial charge < -0.3 is 36.4 Å². The van der Waals surface area contributed by atoms with E-state index in [1.54, 1.807) is 99.6 Å². The quantitative estimate of drug-likeness (QED) is 0.0775. The molecule has 0 aromatic heterocycles. The molecule has 1 aliphatic heterocycles. The number of carbonyl (C=O) groups is 7. The normalized spacial score (nSPS) is 16.6. The van der Waals surface area contributed by atoms with Crippen LogP contribution in [0.4, 0.5) is 21.0 Å². The molecule has 4 aromatic rings. The zero-order valence-electron chi connectivity index (χ0n) is 32.5. The summed E-state index contributed by atoms with van der Waals surface area (Å²) in [5.74, 6) is -5.92. The van der Waals surface area contributed by atoms with Crippen molar-refractivity contribution in [3.63, 3.8) is 0 Å². The average molecular weight is 791 g/mol. The van der Waals surface area contributed by atoms with Gasteiger partial charge in [-0.15, -0.1) is 0 Å². The number of benzene rings is 4. The van der Waals surface area contributed by atoms with E-state index in [1.165, 1.54) is 17.0 Å². The Hall–Kier alpha value is -7.03. The van der Waals surface area contributed by atoms with Gasteiger partial charge in [-0.2, -0.15) is 0 Å². The Morgan fingerprint density at radius 2 is 1.34 bits per heavy atom. The maximum Gasteiger partial charge on any atom is 0.330 e. The molecule has 15 heteroatoms. The van der Waals surface area contributed by atoms with Crippen molar-refractivity contribution in [2.24, 2.45) is 5.92 Å². The standard InChI is InChI=1S/C43H46N6O9/c1-26(2)23-34(38(53)45-33(24-35(50)51)37(52)47-36(39(54)55)29-14-7-5-8-15-29)49-40(56)43(4,30-16-9-6-10-17-30)48(42(49)58)25-28-19-21-31(22-20-28)44-41(57)46-32-18-12-11-13-27(32)3/h5-22,26,33-34,36H,23-25H2,1-4H3,(H,45,53)(H,47,52)(H,50,51)(H,54,55)(H2,44,46,57)/t33-,34?,36-,43?/m0/s1. The van der Waals surface area contributed by atoms with Gasteiger partial charge in [0, 0.05) is 17.9 Å². The van der Waals surface area contributed by atoms with Gasteiger partial charge >= 0.3 is 24.0 Å². The number of hydrogen-bond donors (Lipinski definition) is 6. The van der Waals surface area contributed by atoms with E-state index in [-0.39, 0.29) is 24.4 Å². The molecule has 7 amide bonds. The summed E-state index contributed by atoms with van der Waals surface area (Å²) in [7, 11) is 0. The zero-order valence-corrected chi connectivity index (χ0v) is 32.5. The predicted molar refractivity (Wildman–Crippen MR) is 214 cm³/mol. The molecule has 2 unspecified atom stereocenters. The highest BCUT2D eigenvalue weighted by Gasteiger charge is 2.58. The fourth-order valence-corrected chi connectivity index (χ4v) is 6.78. The number of carboxylic acids is 2. The summed E-state index contributed by atoms with van der Waals surface area (Å²) in [5.41, 5.74) is 1.68. The summed E-state index contributed by atoms with van der Waals surface area (Å²) >= 11 is 0. The molecular formula is C43H46N6O9. The second kappa shape index (κ2) is 18.3. The van der Waals surface area contributed by atoms with E-state index in [4.69, 9.17) is 0 Å². The first-order chi connectivity index (χ1) is 27.6. The van der Waals surface area contributed by atoms with E-state index < -0.39 is 71.8 Å². The largest absolute Gasteiger partial charge is 0.481 e. The van der Waals surface area contributed by atoms with Gasteiger partial charge in [-0.3, -0.25) is 19.2 Å². The van der Waals surface area contributed by atoms with E-state index in [9.17, 15) is 43.8 Å². The van der Waals surface area contributed by atoms with Gasteiger partial charge in [0.15, 0.2) is 6.04 Å². The molecule has 15 nitrogen and oxygen atoms in total. The molecule has 58 heavy (non-hydrogen) atoms. The van der Waals surface area contributed by atoms with E-state index in [0.29, 0.717) is 22.5 Å². The van der Waals surface area contributed by atoms with Crippen molar-refractivity contribution >= 4 is 53.1 Å². The van der Waals surface area contributed by atoms with Gasteiger partial charge in [0.2, 0.25) is 11.8 Å². The van der Waals surface area contributed by atoms with E-state index in [0.717, 1.165) is 10.5 Å². The van der Waals surface area contributed by atoms with Crippen LogP contribution >= 0.6 is 0 Å². The Balaban J connectivity index is 1.41. The molecule has 1 aliphatic rings. The third-order valence-electron chi connectivity index (χ3n) is 9.88. The minimum Gasteiger partial charge on any atom is -0.481 e. The number of amides is 7. The summed E-state index contributed by atoms with van der Waals surface area (Å²) in [6.45, 7) is 6.91. The molecular weight excluding hydrogens is 745 g/mol. The van der Waals surface area contributed by atoms with Gasteiger partial charge in [-0.25, -0.2) is 19.3 Å². The molecule has 1 saturated heterocycles. The molecule has 0 radical (unpaired) electrons. The number of anilines is 2. The number of nitrogens with one attached hydrogen (secondary N) is 4. The zero-order chi connectivity index (χ0) is 42.1. The van der Waals surface area contributed by atoms with Crippen molar-refractivity contribution in [3.8, 4) is 0 Å². The lowest BCUT2D eigenvalue weighted by molar-refractivity contribution is -0.145. The van der Waals surface area contributed by atoms with Crippen LogP contribution in [-0.2, 0) is 36.1 Å². The summed E-state index contributed by atoms with van der Waals surface area (Å²) in [5, 5.41) is 29.9. The lowest BCUT2D eigenvalue weighted by atomic mass is 9.89. The number of carbonyl (C=O) groups excluding carboxylic acids is 5. The van der Waals surface area contributed by atoms with Crippen LogP contribution in [0.5, 0.6) is 0 Å². The highest BCUT2D eigenvalue weighted by atomic mass is 16.4.